The number of hydrogen-bond acceptors (Lipinski definition) is 9. The van der Waals surface area contributed by atoms with Gasteiger partial charge < -0.3 is 34.0 Å². The van der Waals surface area contributed by atoms with E-state index in [1.54, 1.807) is 24.3 Å². The molecule has 4 aromatic carbocycles. The summed E-state index contributed by atoms with van der Waals surface area (Å²) in [7, 11) is 0. The molecule has 0 spiro atoms. The van der Waals surface area contributed by atoms with Crippen molar-refractivity contribution in [2.24, 2.45) is 0 Å². The second-order valence-corrected chi connectivity index (χ2v) is 9.34. The minimum Gasteiger partial charge on any atom is -0.508 e. The number of hydrogen-bond donors (Lipinski definition) is 4. The molecule has 6 aromatic rings. The minimum atomic E-state index is -0.494. The largest absolute Gasteiger partial charge is 0.508 e. The molecule has 2 aromatic heterocycles. The highest BCUT2D eigenvalue weighted by atomic mass is 35.5. The molecule has 9 nitrogen and oxygen atoms in total. The van der Waals surface area contributed by atoms with Crippen LogP contribution in [0, 0.1) is 0 Å². The Balaban J connectivity index is 1.33. The van der Waals surface area contributed by atoms with Crippen molar-refractivity contribution in [3.63, 3.8) is 0 Å². The summed E-state index contributed by atoms with van der Waals surface area (Å²) in [6, 6.07) is 15.6. The van der Waals surface area contributed by atoms with Crippen LogP contribution in [0.25, 0.3) is 44.2 Å². The zero-order valence-corrected chi connectivity index (χ0v) is 21.0. The molecule has 0 aliphatic heterocycles. The first kappa shape index (κ1) is 24.9. The average Bonchev–Trinajstić information content (AvgIpc) is 2.90. The number of halogens is 1. The Morgan fingerprint density at radius 2 is 1.20 bits per heavy atom. The maximum atomic E-state index is 13.1. The van der Waals surface area contributed by atoms with Crippen LogP contribution in [0.2, 0.25) is 5.02 Å². The summed E-state index contributed by atoms with van der Waals surface area (Å²) >= 11 is 5.93. The summed E-state index contributed by atoms with van der Waals surface area (Å²) in [4.78, 5) is 26.1. The van der Waals surface area contributed by atoms with Gasteiger partial charge in [-0.3, -0.25) is 9.59 Å². The number of phenolic OH excluding ortho intramolecular Hbond substituents is 4. The fourth-order valence-electron chi connectivity index (χ4n) is 4.41. The Labute approximate surface area is 228 Å². The lowest BCUT2D eigenvalue weighted by Crippen LogP contribution is -2.05. The molecule has 0 aliphatic carbocycles. The van der Waals surface area contributed by atoms with Crippen LogP contribution in [-0.2, 0) is 0 Å². The van der Waals surface area contributed by atoms with Gasteiger partial charge in [-0.25, -0.2) is 0 Å². The molecule has 4 N–H and O–H groups in total. The Hall–Kier alpha value is -5.41. The molecular weight excluding hydrogens is 540 g/mol. The fourth-order valence-corrected chi connectivity index (χ4v) is 4.61. The highest BCUT2D eigenvalue weighted by Gasteiger charge is 2.17. The lowest BCUT2D eigenvalue weighted by molar-refractivity contribution is 0.411. The van der Waals surface area contributed by atoms with Crippen LogP contribution in [-0.4, -0.2) is 20.4 Å². The molecule has 0 saturated heterocycles. The van der Waals surface area contributed by atoms with Crippen LogP contribution in [0.1, 0.15) is 0 Å². The van der Waals surface area contributed by atoms with Gasteiger partial charge >= 0.3 is 0 Å². The number of aromatic hydroxyl groups is 4. The van der Waals surface area contributed by atoms with Crippen molar-refractivity contribution >= 4 is 33.5 Å². The van der Waals surface area contributed by atoms with Gasteiger partial charge in [-0.05, 0) is 41.5 Å². The molecule has 0 atom stereocenters. The third-order valence-corrected chi connectivity index (χ3v) is 6.55. The van der Waals surface area contributed by atoms with E-state index in [1.807, 2.05) is 0 Å². The van der Waals surface area contributed by atoms with E-state index in [4.69, 9.17) is 25.2 Å². The highest BCUT2D eigenvalue weighted by Crippen LogP contribution is 2.36. The molecule has 10 heteroatoms. The minimum absolute atomic E-state index is 0.0312. The van der Waals surface area contributed by atoms with Crippen LogP contribution < -0.4 is 15.6 Å². The Morgan fingerprint density at radius 3 is 1.88 bits per heavy atom. The SMILES string of the molecule is O=c1c(-c2ccc(Oc3cc(-c4coc5cc(Cl)cc(O)c5c4=O)ccc3O)cc2)coc2cc(O)cc(O)c12. The number of benzene rings is 4. The number of ether oxygens (including phenoxy) is 1. The molecule has 0 fully saturated rings. The molecule has 40 heavy (non-hydrogen) atoms. The predicted molar refractivity (Wildman–Crippen MR) is 148 cm³/mol. The van der Waals surface area contributed by atoms with E-state index in [1.165, 1.54) is 48.9 Å². The van der Waals surface area contributed by atoms with E-state index in [9.17, 15) is 30.0 Å². The molecule has 2 heterocycles. The summed E-state index contributed by atoms with van der Waals surface area (Å²) in [6.45, 7) is 0. The second-order valence-electron chi connectivity index (χ2n) is 8.90. The first-order valence-electron chi connectivity index (χ1n) is 11.7. The number of phenols is 4. The topological polar surface area (TPSA) is 151 Å². The zero-order chi connectivity index (χ0) is 28.1. The van der Waals surface area contributed by atoms with Crippen molar-refractivity contribution in [1.29, 1.82) is 0 Å². The summed E-state index contributed by atoms with van der Waals surface area (Å²) < 4.78 is 16.8. The molecule has 6 rings (SSSR count). The van der Waals surface area contributed by atoms with Crippen molar-refractivity contribution < 1.29 is 34.0 Å². The Bertz CT molecular complexity index is 2080. The molecule has 0 bridgehead atoms. The van der Waals surface area contributed by atoms with Crippen LogP contribution in [0.15, 0.2) is 97.7 Å². The number of fused-ring (bicyclic) bond motifs is 2. The van der Waals surface area contributed by atoms with E-state index in [0.717, 1.165) is 6.07 Å². The van der Waals surface area contributed by atoms with E-state index < -0.39 is 16.6 Å². The Morgan fingerprint density at radius 1 is 0.625 bits per heavy atom. The van der Waals surface area contributed by atoms with Gasteiger partial charge in [0.25, 0.3) is 0 Å². The zero-order valence-electron chi connectivity index (χ0n) is 20.2. The van der Waals surface area contributed by atoms with Crippen LogP contribution in [0.4, 0.5) is 0 Å². The maximum Gasteiger partial charge on any atom is 0.204 e. The van der Waals surface area contributed by atoms with Crippen molar-refractivity contribution in [2.45, 2.75) is 0 Å². The van der Waals surface area contributed by atoms with Crippen molar-refractivity contribution in [3.8, 4) is 56.8 Å². The molecular formula is C30H17ClO9. The molecule has 0 amide bonds. The van der Waals surface area contributed by atoms with Gasteiger partial charge in [0.2, 0.25) is 10.9 Å². The van der Waals surface area contributed by atoms with E-state index in [2.05, 4.69) is 0 Å². The van der Waals surface area contributed by atoms with Gasteiger partial charge in [0.15, 0.2) is 11.5 Å². The lowest BCUT2D eigenvalue weighted by atomic mass is 10.0. The summed E-state index contributed by atoms with van der Waals surface area (Å²) in [5, 5.41) is 40.5. The molecule has 198 valence electrons. The van der Waals surface area contributed by atoms with E-state index in [0.29, 0.717) is 16.9 Å². The van der Waals surface area contributed by atoms with Gasteiger partial charge in [0, 0.05) is 23.2 Å². The second kappa shape index (κ2) is 9.40. The first-order valence-corrected chi connectivity index (χ1v) is 12.1. The van der Waals surface area contributed by atoms with Crippen molar-refractivity contribution in [3.05, 3.63) is 105 Å². The fraction of sp³-hybridized carbons (Fsp3) is 0. The summed E-state index contributed by atoms with van der Waals surface area (Å²) in [6.07, 6.45) is 2.47. The smallest absolute Gasteiger partial charge is 0.204 e. The van der Waals surface area contributed by atoms with Gasteiger partial charge in [-0.15, -0.1) is 0 Å². The Kier molecular flexibility index (Phi) is 5.85. The standard InChI is InChI=1S/C30H17ClO9/c31-16-8-22(34)27-25(9-16)38-13-20(30(27)37)15-3-6-21(33)24(7-15)40-18-4-1-14(2-5-18)19-12-39-26-11-17(32)10-23(35)28(26)29(19)36/h1-13,32-35H. The van der Waals surface area contributed by atoms with E-state index >= 15 is 0 Å². The average molecular weight is 557 g/mol. The van der Waals surface area contributed by atoms with Gasteiger partial charge in [0.1, 0.15) is 57.5 Å². The lowest BCUT2D eigenvalue weighted by Gasteiger charge is -2.11. The van der Waals surface area contributed by atoms with Crippen LogP contribution >= 0.6 is 11.6 Å². The third kappa shape index (κ3) is 4.24. The van der Waals surface area contributed by atoms with Crippen LogP contribution in [0.5, 0.6) is 34.5 Å². The van der Waals surface area contributed by atoms with Gasteiger partial charge in [-0.1, -0.05) is 29.8 Å². The maximum absolute atomic E-state index is 13.1. The first-order chi connectivity index (χ1) is 19.2. The molecule has 0 saturated carbocycles. The normalized spacial score (nSPS) is 11.2. The molecule has 0 unspecified atom stereocenters. The summed E-state index contributed by atoms with van der Waals surface area (Å²) in [5.74, 6) is -0.796. The quantitative estimate of drug-likeness (QED) is 0.191. The van der Waals surface area contributed by atoms with Crippen LogP contribution in [0.3, 0.4) is 0 Å². The van der Waals surface area contributed by atoms with Gasteiger partial charge in [0.05, 0.1) is 11.1 Å². The van der Waals surface area contributed by atoms with Crippen molar-refractivity contribution in [1.82, 2.24) is 0 Å². The number of rotatable bonds is 4. The predicted octanol–water partition coefficient (Wildman–Crippen LogP) is 6.50. The summed E-state index contributed by atoms with van der Waals surface area (Å²) in [5.41, 5.74) is 0.342. The molecule has 0 radical (unpaired) electrons. The van der Waals surface area contributed by atoms with Crippen molar-refractivity contribution in [2.75, 3.05) is 0 Å². The highest BCUT2D eigenvalue weighted by molar-refractivity contribution is 6.31. The molecule has 0 aliphatic rings. The van der Waals surface area contributed by atoms with E-state index in [-0.39, 0.29) is 61.1 Å². The van der Waals surface area contributed by atoms with Gasteiger partial charge in [-0.2, -0.15) is 0 Å². The third-order valence-electron chi connectivity index (χ3n) is 6.33. The monoisotopic (exact) mass is 556 g/mol.